The molecule has 21 heavy (non-hydrogen) atoms. The average molecular weight is 285 g/mol. The molecule has 0 aromatic heterocycles. The lowest BCUT2D eigenvalue weighted by Gasteiger charge is -2.28. The predicted molar refractivity (Wildman–Crippen MR) is 83.6 cm³/mol. The van der Waals surface area contributed by atoms with Gasteiger partial charge in [-0.15, -0.1) is 0 Å². The number of hydrogen-bond acceptors (Lipinski definition) is 5. The minimum atomic E-state index is -0.0741. The zero-order valence-electron chi connectivity index (χ0n) is 11.6. The maximum Gasteiger partial charge on any atom is 0.157 e. The van der Waals surface area contributed by atoms with Crippen LogP contribution in [0, 0.1) is 0 Å². The van der Waals surface area contributed by atoms with E-state index in [0.717, 1.165) is 35.5 Å². The number of phenolic OH excluding ortho intramolecular Hbond substituents is 2. The Balaban J connectivity index is 1.76. The second kappa shape index (κ2) is 5.54. The molecule has 110 valence electrons. The summed E-state index contributed by atoms with van der Waals surface area (Å²) >= 11 is 0. The fourth-order valence-electron chi connectivity index (χ4n) is 2.67. The van der Waals surface area contributed by atoms with Gasteiger partial charge >= 0.3 is 0 Å². The molecule has 5 nitrogen and oxygen atoms in total. The molecule has 0 saturated heterocycles. The molecule has 6 N–H and O–H groups in total. The van der Waals surface area contributed by atoms with Crippen molar-refractivity contribution in [1.82, 2.24) is 5.32 Å². The Hall–Kier alpha value is -2.40. The predicted octanol–water partition coefficient (Wildman–Crippen LogP) is 1.98. The SMILES string of the molecule is Nc1ccc(NCC2NCCc3cc(O)c(O)cc32)cc1. The summed E-state index contributed by atoms with van der Waals surface area (Å²) in [6.45, 7) is 1.55. The largest absolute Gasteiger partial charge is 0.504 e. The highest BCUT2D eigenvalue weighted by atomic mass is 16.3. The van der Waals surface area contributed by atoms with E-state index in [1.165, 1.54) is 0 Å². The van der Waals surface area contributed by atoms with E-state index in [0.29, 0.717) is 6.54 Å². The number of nitrogens with one attached hydrogen (secondary N) is 2. The summed E-state index contributed by atoms with van der Waals surface area (Å²) in [6.07, 6.45) is 0.849. The average Bonchev–Trinajstić information content (AvgIpc) is 2.48. The van der Waals surface area contributed by atoms with Crippen molar-refractivity contribution in [3.8, 4) is 11.5 Å². The Bertz CT molecular complexity index is 641. The van der Waals surface area contributed by atoms with E-state index in [1.54, 1.807) is 12.1 Å². The number of nitrogens with two attached hydrogens (primary N) is 1. The van der Waals surface area contributed by atoms with E-state index in [-0.39, 0.29) is 17.5 Å². The third-order valence-electron chi connectivity index (χ3n) is 3.82. The third-order valence-corrected chi connectivity index (χ3v) is 3.82. The Morgan fingerprint density at radius 1 is 1.14 bits per heavy atom. The highest BCUT2D eigenvalue weighted by Gasteiger charge is 2.21. The molecule has 1 aliphatic rings. The summed E-state index contributed by atoms with van der Waals surface area (Å²) in [4.78, 5) is 0. The number of anilines is 2. The van der Waals surface area contributed by atoms with Crippen LogP contribution in [-0.2, 0) is 6.42 Å². The summed E-state index contributed by atoms with van der Waals surface area (Å²) in [5.74, 6) is -0.129. The zero-order valence-corrected chi connectivity index (χ0v) is 11.6. The van der Waals surface area contributed by atoms with Gasteiger partial charge in [-0.3, -0.25) is 0 Å². The van der Waals surface area contributed by atoms with E-state index < -0.39 is 0 Å². The van der Waals surface area contributed by atoms with Crippen LogP contribution < -0.4 is 16.4 Å². The molecule has 0 fully saturated rings. The van der Waals surface area contributed by atoms with Crippen molar-refractivity contribution in [2.24, 2.45) is 0 Å². The smallest absolute Gasteiger partial charge is 0.157 e. The van der Waals surface area contributed by atoms with Crippen molar-refractivity contribution in [3.63, 3.8) is 0 Å². The number of rotatable bonds is 3. The van der Waals surface area contributed by atoms with Gasteiger partial charge in [0.1, 0.15) is 0 Å². The summed E-state index contributed by atoms with van der Waals surface area (Å²) in [6, 6.07) is 11.0. The summed E-state index contributed by atoms with van der Waals surface area (Å²) in [5.41, 5.74) is 9.51. The molecule has 2 aromatic rings. The highest BCUT2D eigenvalue weighted by molar-refractivity contribution is 5.52. The lowest BCUT2D eigenvalue weighted by molar-refractivity contribution is 0.399. The van der Waals surface area contributed by atoms with Crippen LogP contribution in [0.2, 0.25) is 0 Å². The van der Waals surface area contributed by atoms with Crippen molar-refractivity contribution < 1.29 is 10.2 Å². The highest BCUT2D eigenvalue weighted by Crippen LogP contribution is 2.33. The van der Waals surface area contributed by atoms with Crippen LogP contribution in [0.15, 0.2) is 36.4 Å². The number of aromatic hydroxyl groups is 2. The van der Waals surface area contributed by atoms with Gasteiger partial charge in [0.25, 0.3) is 0 Å². The van der Waals surface area contributed by atoms with Gasteiger partial charge in [-0.2, -0.15) is 0 Å². The Labute approximate surface area is 123 Å². The van der Waals surface area contributed by atoms with Crippen LogP contribution in [0.25, 0.3) is 0 Å². The van der Waals surface area contributed by atoms with Gasteiger partial charge in [0, 0.05) is 24.0 Å². The first-order valence-corrected chi connectivity index (χ1v) is 7.01. The molecule has 2 aromatic carbocycles. The first-order valence-electron chi connectivity index (χ1n) is 7.01. The van der Waals surface area contributed by atoms with Gasteiger partial charge in [0.15, 0.2) is 11.5 Å². The van der Waals surface area contributed by atoms with E-state index >= 15 is 0 Å². The van der Waals surface area contributed by atoms with E-state index in [2.05, 4.69) is 10.6 Å². The summed E-state index contributed by atoms with van der Waals surface area (Å²) < 4.78 is 0. The Kier molecular flexibility index (Phi) is 3.58. The van der Waals surface area contributed by atoms with Crippen molar-refractivity contribution in [2.75, 3.05) is 24.1 Å². The monoisotopic (exact) mass is 285 g/mol. The summed E-state index contributed by atoms with van der Waals surface area (Å²) in [7, 11) is 0. The maximum atomic E-state index is 9.70. The van der Waals surface area contributed by atoms with Crippen molar-refractivity contribution in [1.29, 1.82) is 0 Å². The summed E-state index contributed by atoms with van der Waals surface area (Å²) in [5, 5.41) is 26.1. The molecule has 0 spiro atoms. The molecule has 0 amide bonds. The zero-order chi connectivity index (χ0) is 14.8. The van der Waals surface area contributed by atoms with Crippen molar-refractivity contribution >= 4 is 11.4 Å². The molecule has 3 rings (SSSR count). The lowest BCUT2D eigenvalue weighted by Crippen LogP contribution is -2.34. The van der Waals surface area contributed by atoms with Crippen LogP contribution >= 0.6 is 0 Å². The fraction of sp³-hybridized carbons (Fsp3) is 0.250. The molecule has 0 aliphatic carbocycles. The molecule has 1 aliphatic heterocycles. The molecule has 5 heteroatoms. The minimum Gasteiger partial charge on any atom is -0.504 e. The van der Waals surface area contributed by atoms with Crippen molar-refractivity contribution in [2.45, 2.75) is 12.5 Å². The van der Waals surface area contributed by atoms with Gasteiger partial charge < -0.3 is 26.6 Å². The van der Waals surface area contributed by atoms with E-state index in [4.69, 9.17) is 5.73 Å². The number of nitrogen functional groups attached to an aromatic ring is 1. The molecular weight excluding hydrogens is 266 g/mol. The fourth-order valence-corrected chi connectivity index (χ4v) is 2.67. The second-order valence-electron chi connectivity index (χ2n) is 5.30. The second-order valence-corrected chi connectivity index (χ2v) is 5.30. The number of hydrogen-bond donors (Lipinski definition) is 5. The first-order chi connectivity index (χ1) is 10.1. The Morgan fingerprint density at radius 3 is 2.62 bits per heavy atom. The number of fused-ring (bicyclic) bond motifs is 1. The standard InChI is InChI=1S/C16H19N3O2/c17-11-1-3-12(4-2-11)19-9-14-13-8-16(21)15(20)7-10(13)5-6-18-14/h1-4,7-8,14,18-21H,5-6,9,17H2. The van der Waals surface area contributed by atoms with E-state index in [1.807, 2.05) is 24.3 Å². The lowest BCUT2D eigenvalue weighted by atomic mass is 9.93. The van der Waals surface area contributed by atoms with Crippen LogP contribution in [-0.4, -0.2) is 23.3 Å². The van der Waals surface area contributed by atoms with Crippen LogP contribution in [0.4, 0.5) is 11.4 Å². The van der Waals surface area contributed by atoms with Gasteiger partial charge in [-0.25, -0.2) is 0 Å². The minimum absolute atomic E-state index is 0.0547. The topological polar surface area (TPSA) is 90.5 Å². The van der Waals surface area contributed by atoms with Crippen LogP contribution in [0.5, 0.6) is 11.5 Å². The first kappa shape index (κ1) is 13.6. The molecule has 0 radical (unpaired) electrons. The molecule has 1 heterocycles. The Morgan fingerprint density at radius 2 is 1.86 bits per heavy atom. The number of benzene rings is 2. The molecule has 1 unspecified atom stereocenters. The normalized spacial score (nSPS) is 17.2. The van der Waals surface area contributed by atoms with Gasteiger partial charge in [-0.05, 0) is 60.5 Å². The van der Waals surface area contributed by atoms with Gasteiger partial charge in [0.2, 0.25) is 0 Å². The van der Waals surface area contributed by atoms with Gasteiger partial charge in [0.05, 0.1) is 0 Å². The molecule has 0 bridgehead atoms. The van der Waals surface area contributed by atoms with E-state index in [9.17, 15) is 10.2 Å². The van der Waals surface area contributed by atoms with Gasteiger partial charge in [-0.1, -0.05) is 0 Å². The molecule has 1 atom stereocenters. The maximum absolute atomic E-state index is 9.70. The molecule has 0 saturated carbocycles. The molecular formula is C16H19N3O2. The van der Waals surface area contributed by atoms with Crippen molar-refractivity contribution in [3.05, 3.63) is 47.5 Å². The van der Waals surface area contributed by atoms with Crippen LogP contribution in [0.1, 0.15) is 17.2 Å². The number of phenols is 2. The third kappa shape index (κ3) is 2.87. The van der Waals surface area contributed by atoms with Crippen LogP contribution in [0.3, 0.4) is 0 Å². The quantitative estimate of drug-likeness (QED) is 0.439.